The predicted molar refractivity (Wildman–Crippen MR) is 302 cm³/mol. The Morgan fingerprint density at radius 2 is 0.514 bits per heavy atom. The van der Waals surface area contributed by atoms with E-state index in [1.807, 2.05) is 0 Å². The molecule has 0 aliphatic rings. The molecule has 0 aromatic rings. The van der Waals surface area contributed by atoms with Gasteiger partial charge in [0.25, 0.3) is 0 Å². The van der Waals surface area contributed by atoms with Crippen molar-refractivity contribution in [3.05, 3.63) is 60.8 Å². The SMILES string of the molecule is CCCCC/C=C\C/C=C\C/C=C\C/C=C\CCCCCC(=O)OC[C@@H](COC(=O)CCCCCCCCCCCCCCCC)OC(=O)CCCCCCCCC/C=C\CCCCCCCCCC. The normalized spacial score (nSPS) is 12.4. The van der Waals surface area contributed by atoms with Gasteiger partial charge in [0.15, 0.2) is 6.10 Å². The third-order valence-electron chi connectivity index (χ3n) is 13.2. The molecule has 6 nitrogen and oxygen atoms in total. The molecule has 0 aromatic heterocycles. The lowest BCUT2D eigenvalue weighted by molar-refractivity contribution is -0.167. The molecule has 406 valence electrons. The Bertz CT molecular complexity index is 1260. The highest BCUT2D eigenvalue weighted by Crippen LogP contribution is 2.16. The molecule has 0 spiro atoms. The third kappa shape index (κ3) is 56.0. The number of allylic oxidation sites excluding steroid dienone is 10. The lowest BCUT2D eigenvalue weighted by atomic mass is 10.0. The summed E-state index contributed by atoms with van der Waals surface area (Å²) < 4.78 is 16.9. The molecule has 70 heavy (non-hydrogen) atoms. The molecule has 0 saturated heterocycles. The van der Waals surface area contributed by atoms with E-state index in [-0.39, 0.29) is 31.1 Å². The molecular formula is C64H114O6. The third-order valence-corrected chi connectivity index (χ3v) is 13.2. The Labute approximate surface area is 434 Å². The van der Waals surface area contributed by atoms with Gasteiger partial charge in [0.05, 0.1) is 0 Å². The number of hydrogen-bond donors (Lipinski definition) is 0. The molecule has 0 bridgehead atoms. The number of unbranched alkanes of at least 4 members (excludes halogenated alkanes) is 34. The van der Waals surface area contributed by atoms with Crippen molar-refractivity contribution in [2.45, 2.75) is 316 Å². The Morgan fingerprint density at radius 1 is 0.286 bits per heavy atom. The molecule has 0 aromatic carbocycles. The van der Waals surface area contributed by atoms with Crippen molar-refractivity contribution in [3.63, 3.8) is 0 Å². The molecule has 0 amide bonds. The van der Waals surface area contributed by atoms with E-state index in [0.29, 0.717) is 19.3 Å². The summed E-state index contributed by atoms with van der Waals surface area (Å²) in [6, 6.07) is 0. The first-order chi connectivity index (χ1) is 34.5. The van der Waals surface area contributed by atoms with Crippen LogP contribution in [0.1, 0.15) is 310 Å². The number of rotatable bonds is 55. The van der Waals surface area contributed by atoms with Gasteiger partial charge in [-0.1, -0.05) is 261 Å². The summed E-state index contributed by atoms with van der Waals surface area (Å²) in [5, 5.41) is 0. The summed E-state index contributed by atoms with van der Waals surface area (Å²) in [5.41, 5.74) is 0. The highest BCUT2D eigenvalue weighted by Gasteiger charge is 2.19. The number of hydrogen-bond acceptors (Lipinski definition) is 6. The van der Waals surface area contributed by atoms with Crippen LogP contribution >= 0.6 is 0 Å². The fourth-order valence-corrected chi connectivity index (χ4v) is 8.66. The second-order valence-corrected chi connectivity index (χ2v) is 20.3. The van der Waals surface area contributed by atoms with Crippen molar-refractivity contribution in [2.24, 2.45) is 0 Å². The molecule has 0 radical (unpaired) electrons. The van der Waals surface area contributed by atoms with E-state index < -0.39 is 6.10 Å². The van der Waals surface area contributed by atoms with Gasteiger partial charge in [0.2, 0.25) is 0 Å². The van der Waals surface area contributed by atoms with Crippen molar-refractivity contribution in [1.82, 2.24) is 0 Å². The summed E-state index contributed by atoms with van der Waals surface area (Å²) in [6.45, 7) is 6.62. The van der Waals surface area contributed by atoms with Crippen molar-refractivity contribution < 1.29 is 28.6 Å². The van der Waals surface area contributed by atoms with Crippen LogP contribution in [0.5, 0.6) is 0 Å². The summed E-state index contributed by atoms with van der Waals surface area (Å²) in [6.07, 6.45) is 73.5. The minimum Gasteiger partial charge on any atom is -0.462 e. The topological polar surface area (TPSA) is 78.9 Å². The molecule has 6 heteroatoms. The molecule has 0 saturated carbocycles. The highest BCUT2D eigenvalue weighted by atomic mass is 16.6. The van der Waals surface area contributed by atoms with Crippen molar-refractivity contribution in [1.29, 1.82) is 0 Å². The van der Waals surface area contributed by atoms with E-state index in [2.05, 4.69) is 81.5 Å². The van der Waals surface area contributed by atoms with Crippen molar-refractivity contribution in [3.8, 4) is 0 Å². The van der Waals surface area contributed by atoms with Gasteiger partial charge in [-0.15, -0.1) is 0 Å². The summed E-state index contributed by atoms with van der Waals surface area (Å²) in [4.78, 5) is 38.2. The maximum Gasteiger partial charge on any atom is 0.306 e. The molecule has 0 rings (SSSR count). The quantitative estimate of drug-likeness (QED) is 0.0261. The zero-order valence-electron chi connectivity index (χ0n) is 46.5. The zero-order valence-corrected chi connectivity index (χ0v) is 46.5. The van der Waals surface area contributed by atoms with Gasteiger partial charge < -0.3 is 14.2 Å². The van der Waals surface area contributed by atoms with Gasteiger partial charge in [-0.2, -0.15) is 0 Å². The Balaban J connectivity index is 4.41. The summed E-state index contributed by atoms with van der Waals surface area (Å²) in [5.74, 6) is -0.905. The van der Waals surface area contributed by atoms with Crippen LogP contribution in [0.15, 0.2) is 60.8 Å². The fourth-order valence-electron chi connectivity index (χ4n) is 8.66. The first-order valence-corrected chi connectivity index (χ1v) is 30.3. The highest BCUT2D eigenvalue weighted by molar-refractivity contribution is 5.71. The minimum atomic E-state index is -0.788. The lowest BCUT2D eigenvalue weighted by Gasteiger charge is -2.18. The first kappa shape index (κ1) is 67.1. The number of carbonyl (C=O) groups excluding carboxylic acids is 3. The van der Waals surface area contributed by atoms with E-state index in [9.17, 15) is 14.4 Å². The van der Waals surface area contributed by atoms with Crippen LogP contribution in [-0.4, -0.2) is 37.2 Å². The van der Waals surface area contributed by atoms with Crippen molar-refractivity contribution in [2.75, 3.05) is 13.2 Å². The summed E-state index contributed by atoms with van der Waals surface area (Å²) >= 11 is 0. The predicted octanol–water partition coefficient (Wildman–Crippen LogP) is 20.4. The van der Waals surface area contributed by atoms with E-state index in [1.54, 1.807) is 0 Å². The van der Waals surface area contributed by atoms with Crippen LogP contribution < -0.4 is 0 Å². The van der Waals surface area contributed by atoms with Crippen LogP contribution in [0.25, 0.3) is 0 Å². The summed E-state index contributed by atoms with van der Waals surface area (Å²) in [7, 11) is 0. The van der Waals surface area contributed by atoms with Crippen molar-refractivity contribution >= 4 is 17.9 Å². The lowest BCUT2D eigenvalue weighted by Crippen LogP contribution is -2.30. The van der Waals surface area contributed by atoms with Crippen LogP contribution in [0.3, 0.4) is 0 Å². The maximum absolute atomic E-state index is 12.9. The monoisotopic (exact) mass is 979 g/mol. The smallest absolute Gasteiger partial charge is 0.306 e. The zero-order chi connectivity index (χ0) is 50.7. The van der Waals surface area contributed by atoms with E-state index in [4.69, 9.17) is 14.2 Å². The standard InChI is InChI=1S/C64H114O6/c1-4-7-10-13-16-19-22-25-28-30-32-34-36-39-42-45-48-51-54-57-63(66)69-60-61(59-68-62(65)56-53-50-47-44-41-38-27-24-21-18-15-12-9-6-3)70-64(67)58-55-52-49-46-43-40-37-35-33-31-29-26-23-20-17-14-11-8-5-2/h16,19,25,28,31-34,39,42,61H,4-15,17-18,20-24,26-27,29-30,35-38,40-41,43-60H2,1-3H3/b19-16-,28-25-,33-31-,34-32-,42-39-/t61-/m1/s1. The fraction of sp³-hybridized carbons (Fsp3) is 0.797. The Kier molecular flexibility index (Phi) is 56.3. The van der Waals surface area contributed by atoms with Gasteiger partial charge in [0, 0.05) is 19.3 Å². The van der Waals surface area contributed by atoms with E-state index in [1.165, 1.54) is 186 Å². The van der Waals surface area contributed by atoms with Gasteiger partial charge in [-0.25, -0.2) is 0 Å². The minimum absolute atomic E-state index is 0.0834. The van der Waals surface area contributed by atoms with E-state index in [0.717, 1.165) is 83.5 Å². The van der Waals surface area contributed by atoms with Crippen LogP contribution in [0.2, 0.25) is 0 Å². The molecule has 0 N–H and O–H groups in total. The largest absolute Gasteiger partial charge is 0.462 e. The first-order valence-electron chi connectivity index (χ1n) is 30.3. The van der Waals surface area contributed by atoms with Crippen LogP contribution in [0.4, 0.5) is 0 Å². The van der Waals surface area contributed by atoms with E-state index >= 15 is 0 Å². The van der Waals surface area contributed by atoms with Gasteiger partial charge in [-0.3, -0.25) is 14.4 Å². The second kappa shape index (κ2) is 58.7. The average molecular weight is 980 g/mol. The number of ether oxygens (including phenoxy) is 3. The van der Waals surface area contributed by atoms with Crippen LogP contribution in [0, 0.1) is 0 Å². The maximum atomic E-state index is 12.9. The molecule has 0 fully saturated rings. The molecule has 0 aliphatic carbocycles. The Morgan fingerprint density at radius 3 is 0.857 bits per heavy atom. The molecule has 0 unspecified atom stereocenters. The van der Waals surface area contributed by atoms with Gasteiger partial charge in [-0.05, 0) is 89.9 Å². The second-order valence-electron chi connectivity index (χ2n) is 20.3. The van der Waals surface area contributed by atoms with Gasteiger partial charge >= 0.3 is 17.9 Å². The molecule has 0 aliphatic heterocycles. The average Bonchev–Trinajstić information content (AvgIpc) is 3.36. The molecular weight excluding hydrogens is 865 g/mol. The van der Waals surface area contributed by atoms with Gasteiger partial charge in [0.1, 0.15) is 13.2 Å². The number of esters is 3. The number of carbonyl (C=O) groups is 3. The Hall–Kier alpha value is -2.89. The molecule has 0 heterocycles. The van der Waals surface area contributed by atoms with Crippen LogP contribution in [-0.2, 0) is 28.6 Å². The molecule has 1 atom stereocenters.